The molecule has 0 rings (SSSR count). The molecule has 0 unspecified atom stereocenters. The van der Waals surface area contributed by atoms with Crippen molar-refractivity contribution in [2.75, 3.05) is 13.2 Å². The minimum atomic E-state index is -0.780. The molecule has 360 valence electrons. The van der Waals surface area contributed by atoms with Crippen LogP contribution in [0.25, 0.3) is 0 Å². The van der Waals surface area contributed by atoms with Crippen LogP contribution in [0.3, 0.4) is 0 Å². The molecule has 0 aromatic heterocycles. The maximum Gasteiger partial charge on any atom is 0.306 e. The van der Waals surface area contributed by atoms with Gasteiger partial charge in [0.15, 0.2) is 6.10 Å². The normalized spacial score (nSPS) is 12.4. The summed E-state index contributed by atoms with van der Waals surface area (Å²) >= 11 is 0. The molecule has 0 radical (unpaired) electrons. The molecule has 0 fully saturated rings. The van der Waals surface area contributed by atoms with E-state index in [2.05, 4.69) is 69.4 Å². The van der Waals surface area contributed by atoms with Gasteiger partial charge in [-0.25, -0.2) is 0 Å². The molecule has 0 spiro atoms. The summed E-state index contributed by atoms with van der Waals surface area (Å²) in [6.07, 6.45) is 60.9. The number of hydrogen-bond donors (Lipinski definition) is 0. The molecule has 62 heavy (non-hydrogen) atoms. The van der Waals surface area contributed by atoms with Crippen molar-refractivity contribution in [3.63, 3.8) is 0 Å². The summed E-state index contributed by atoms with van der Waals surface area (Å²) in [5.74, 6) is -0.893. The molecule has 0 saturated heterocycles. The van der Waals surface area contributed by atoms with Crippen LogP contribution in [0.1, 0.15) is 271 Å². The standard InChI is InChI=1S/C56H100O6/c1-4-7-10-13-16-19-22-25-27-28-30-31-34-37-40-43-46-49-55(58)61-52-53(51-60-54(57)48-45-42-39-36-33-24-21-18-15-12-9-6-3)62-56(59)50-47-44-41-38-35-32-29-26-23-20-17-14-11-8-5-2/h16-17,19-20,25-27,29,53H,4-15,18,21-24,28,30-52H2,1-3H3/b19-16-,20-17-,27-25-,29-26-/t53-/m1/s1. The fraction of sp³-hybridized carbons (Fsp3) is 0.804. The predicted molar refractivity (Wildman–Crippen MR) is 265 cm³/mol. The van der Waals surface area contributed by atoms with Crippen molar-refractivity contribution < 1.29 is 28.6 Å². The summed E-state index contributed by atoms with van der Waals surface area (Å²) in [5, 5.41) is 0. The van der Waals surface area contributed by atoms with Gasteiger partial charge in [-0.2, -0.15) is 0 Å². The van der Waals surface area contributed by atoms with Gasteiger partial charge in [0.1, 0.15) is 13.2 Å². The van der Waals surface area contributed by atoms with Crippen LogP contribution in [0.15, 0.2) is 48.6 Å². The van der Waals surface area contributed by atoms with Crippen molar-refractivity contribution in [1.82, 2.24) is 0 Å². The van der Waals surface area contributed by atoms with Gasteiger partial charge in [0, 0.05) is 19.3 Å². The van der Waals surface area contributed by atoms with E-state index in [1.54, 1.807) is 0 Å². The number of esters is 3. The first-order valence-corrected chi connectivity index (χ1v) is 26.6. The maximum absolute atomic E-state index is 12.8. The molecule has 1 atom stereocenters. The molecule has 0 aliphatic rings. The lowest BCUT2D eigenvalue weighted by Gasteiger charge is -2.18. The van der Waals surface area contributed by atoms with Gasteiger partial charge in [-0.3, -0.25) is 14.4 Å². The van der Waals surface area contributed by atoms with Crippen LogP contribution in [-0.4, -0.2) is 37.2 Å². The Kier molecular flexibility index (Phi) is 48.8. The van der Waals surface area contributed by atoms with E-state index < -0.39 is 6.10 Å². The molecule has 0 heterocycles. The second kappa shape index (κ2) is 51.0. The molecule has 0 aromatic carbocycles. The zero-order valence-electron chi connectivity index (χ0n) is 41.1. The zero-order valence-corrected chi connectivity index (χ0v) is 41.1. The number of carbonyl (C=O) groups is 3. The van der Waals surface area contributed by atoms with Gasteiger partial charge in [0.25, 0.3) is 0 Å². The largest absolute Gasteiger partial charge is 0.462 e. The SMILES string of the molecule is CCCCC/C=C\C/C=C\CCCCCCCCCC(=O)OC[C@@H](COC(=O)CCCCCCCCCCCCCC)OC(=O)CCCCCCC/C=C\C/C=C\CCCCC. The number of unbranched alkanes of at least 4 members (excludes halogenated alkanes) is 29. The molecule has 0 amide bonds. The lowest BCUT2D eigenvalue weighted by atomic mass is 10.0. The van der Waals surface area contributed by atoms with Gasteiger partial charge in [-0.15, -0.1) is 0 Å². The Bertz CT molecular complexity index is 1090. The number of allylic oxidation sites excluding steroid dienone is 8. The van der Waals surface area contributed by atoms with Crippen molar-refractivity contribution in [1.29, 1.82) is 0 Å². The fourth-order valence-electron chi connectivity index (χ4n) is 7.50. The van der Waals surface area contributed by atoms with E-state index in [0.717, 1.165) is 96.3 Å². The Labute approximate surface area is 384 Å². The van der Waals surface area contributed by atoms with Gasteiger partial charge >= 0.3 is 17.9 Å². The van der Waals surface area contributed by atoms with E-state index in [4.69, 9.17) is 14.2 Å². The highest BCUT2D eigenvalue weighted by atomic mass is 16.6. The smallest absolute Gasteiger partial charge is 0.306 e. The van der Waals surface area contributed by atoms with Gasteiger partial charge < -0.3 is 14.2 Å². The number of carbonyl (C=O) groups excluding carboxylic acids is 3. The topological polar surface area (TPSA) is 78.9 Å². The van der Waals surface area contributed by atoms with Crippen molar-refractivity contribution in [2.45, 2.75) is 277 Å². The Balaban J connectivity index is 4.38. The first-order valence-electron chi connectivity index (χ1n) is 26.6. The van der Waals surface area contributed by atoms with Crippen LogP contribution < -0.4 is 0 Å². The Morgan fingerprint density at radius 1 is 0.323 bits per heavy atom. The molecule has 0 saturated carbocycles. The average Bonchev–Trinajstić information content (AvgIpc) is 3.27. The van der Waals surface area contributed by atoms with Crippen molar-refractivity contribution >= 4 is 17.9 Å². The summed E-state index contributed by atoms with van der Waals surface area (Å²) < 4.78 is 16.8. The molecular weight excluding hydrogens is 769 g/mol. The van der Waals surface area contributed by atoms with E-state index in [-0.39, 0.29) is 31.1 Å². The van der Waals surface area contributed by atoms with Crippen LogP contribution in [0, 0.1) is 0 Å². The van der Waals surface area contributed by atoms with Gasteiger partial charge in [-0.1, -0.05) is 217 Å². The van der Waals surface area contributed by atoms with Crippen LogP contribution in [-0.2, 0) is 28.6 Å². The number of ether oxygens (including phenoxy) is 3. The Morgan fingerprint density at radius 3 is 0.919 bits per heavy atom. The first-order chi connectivity index (χ1) is 30.5. The third-order valence-electron chi connectivity index (χ3n) is 11.6. The maximum atomic E-state index is 12.8. The highest BCUT2D eigenvalue weighted by molar-refractivity contribution is 5.71. The van der Waals surface area contributed by atoms with Gasteiger partial charge in [0.2, 0.25) is 0 Å². The lowest BCUT2D eigenvalue weighted by molar-refractivity contribution is -0.167. The van der Waals surface area contributed by atoms with Crippen LogP contribution in [0.2, 0.25) is 0 Å². The van der Waals surface area contributed by atoms with E-state index in [1.165, 1.54) is 135 Å². The van der Waals surface area contributed by atoms with Crippen molar-refractivity contribution in [3.05, 3.63) is 48.6 Å². The van der Waals surface area contributed by atoms with Crippen LogP contribution in [0.4, 0.5) is 0 Å². The molecule has 0 aliphatic heterocycles. The van der Waals surface area contributed by atoms with Gasteiger partial charge in [-0.05, 0) is 83.5 Å². The Hall–Kier alpha value is -2.63. The summed E-state index contributed by atoms with van der Waals surface area (Å²) in [7, 11) is 0. The highest BCUT2D eigenvalue weighted by Gasteiger charge is 2.19. The molecule has 0 bridgehead atoms. The number of rotatable bonds is 48. The van der Waals surface area contributed by atoms with Crippen molar-refractivity contribution in [2.24, 2.45) is 0 Å². The first kappa shape index (κ1) is 59.4. The monoisotopic (exact) mass is 869 g/mol. The lowest BCUT2D eigenvalue weighted by Crippen LogP contribution is -2.30. The van der Waals surface area contributed by atoms with Crippen LogP contribution in [0.5, 0.6) is 0 Å². The molecule has 0 aromatic rings. The predicted octanol–water partition coefficient (Wildman–Crippen LogP) is 17.5. The minimum absolute atomic E-state index is 0.0791. The van der Waals surface area contributed by atoms with E-state index in [9.17, 15) is 14.4 Å². The summed E-state index contributed by atoms with van der Waals surface area (Å²) in [6.45, 7) is 6.58. The molecule has 0 N–H and O–H groups in total. The van der Waals surface area contributed by atoms with Gasteiger partial charge in [0.05, 0.1) is 0 Å². The van der Waals surface area contributed by atoms with E-state index >= 15 is 0 Å². The fourth-order valence-corrected chi connectivity index (χ4v) is 7.50. The Morgan fingerprint density at radius 2 is 0.581 bits per heavy atom. The molecule has 6 heteroatoms. The van der Waals surface area contributed by atoms with E-state index in [0.29, 0.717) is 19.3 Å². The highest BCUT2D eigenvalue weighted by Crippen LogP contribution is 2.15. The second-order valence-electron chi connectivity index (χ2n) is 17.8. The third-order valence-corrected chi connectivity index (χ3v) is 11.6. The van der Waals surface area contributed by atoms with E-state index in [1.807, 2.05) is 0 Å². The minimum Gasteiger partial charge on any atom is -0.462 e. The van der Waals surface area contributed by atoms with Crippen LogP contribution >= 0.6 is 0 Å². The molecular formula is C56H100O6. The zero-order chi connectivity index (χ0) is 45.1. The molecule has 6 nitrogen and oxygen atoms in total. The van der Waals surface area contributed by atoms with Crippen molar-refractivity contribution in [3.8, 4) is 0 Å². The second-order valence-corrected chi connectivity index (χ2v) is 17.8. The molecule has 0 aliphatic carbocycles. The third kappa shape index (κ3) is 48.4. The number of hydrogen-bond acceptors (Lipinski definition) is 6. The summed E-state index contributed by atoms with van der Waals surface area (Å²) in [6, 6.07) is 0. The summed E-state index contributed by atoms with van der Waals surface area (Å²) in [5.41, 5.74) is 0. The average molecular weight is 869 g/mol. The summed E-state index contributed by atoms with van der Waals surface area (Å²) in [4.78, 5) is 38.0. The quantitative estimate of drug-likeness (QED) is 0.0262.